The zero-order valence-electron chi connectivity index (χ0n) is 18.9. The fraction of sp³-hybridized carbons (Fsp3) is 0.650. The average molecular weight is 487 g/mol. The van der Waals surface area contributed by atoms with Crippen molar-refractivity contribution < 1.29 is 29.1 Å². The minimum Gasteiger partial charge on any atom is -0.391 e. The summed E-state index contributed by atoms with van der Waals surface area (Å²) in [4.78, 5) is 63.9. The van der Waals surface area contributed by atoms with Crippen molar-refractivity contribution in [2.24, 2.45) is 11.5 Å². The highest BCUT2D eigenvalue weighted by Crippen LogP contribution is 2.06. The molecule has 0 saturated carbocycles. The number of nitrogens with two attached hydrogens (primary N) is 2. The lowest BCUT2D eigenvalue weighted by Gasteiger charge is -2.29. The molecule has 0 aromatic rings. The number of thioether (sulfide) groups is 1. The number of carbonyl (C=O) groups excluding carboxylic acids is 5. The summed E-state index contributed by atoms with van der Waals surface area (Å²) in [5.74, 6) is -2.48. The van der Waals surface area contributed by atoms with E-state index in [1.807, 2.05) is 6.26 Å². The number of nitrogens with zero attached hydrogens (tertiary/aromatic N) is 1. The SMILES string of the molecule is CSCC[C@H](C=O)N[C@@H]1NC(=O)CCC=CCN(CN)C(=O)[C@H](C(=O)[C@@H](N)[C@H](C)O)NC1=O. The van der Waals surface area contributed by atoms with Gasteiger partial charge < -0.3 is 36.9 Å². The Labute approximate surface area is 197 Å². The van der Waals surface area contributed by atoms with Gasteiger partial charge >= 0.3 is 0 Å². The molecular weight excluding hydrogens is 452 g/mol. The number of hydrogen-bond donors (Lipinski definition) is 6. The van der Waals surface area contributed by atoms with E-state index in [-0.39, 0.29) is 19.6 Å². The van der Waals surface area contributed by atoms with Crippen LogP contribution in [0.5, 0.6) is 0 Å². The summed E-state index contributed by atoms with van der Waals surface area (Å²) in [6.07, 6.45) is 3.89. The van der Waals surface area contributed by atoms with Crippen LogP contribution in [0.3, 0.4) is 0 Å². The lowest BCUT2D eigenvalue weighted by Crippen LogP contribution is -2.64. The third-order valence-electron chi connectivity index (χ3n) is 4.97. The molecule has 0 fully saturated rings. The molecule has 3 amide bonds. The van der Waals surface area contributed by atoms with Crippen LogP contribution in [0.25, 0.3) is 0 Å². The standard InChI is InChI=1S/C20H34N6O6S/c1-12(28)15(22)17(30)16-20(32)26(11-21)8-5-3-4-6-14(29)24-18(19(31)25-16)23-13(10-27)7-9-33-2/h3,5,10,12-13,15-16,18,23,28H,4,6-9,11,21-22H2,1-2H3,(H,24,29)(H,25,31)/t12-,13+,15-,16-,18+/m0/s1. The van der Waals surface area contributed by atoms with Gasteiger partial charge in [0, 0.05) is 13.0 Å². The molecule has 0 unspecified atom stereocenters. The van der Waals surface area contributed by atoms with Gasteiger partial charge in [0.1, 0.15) is 6.29 Å². The monoisotopic (exact) mass is 486 g/mol. The van der Waals surface area contributed by atoms with E-state index < -0.39 is 53.9 Å². The lowest BCUT2D eigenvalue weighted by molar-refractivity contribution is -0.143. The minimum atomic E-state index is -1.75. The number of nitrogens with one attached hydrogen (secondary N) is 3. The molecule has 8 N–H and O–H groups in total. The fourth-order valence-electron chi connectivity index (χ4n) is 2.95. The number of Topliss-reactive ketones (excluding diaryl/α,β-unsaturated/α-hetero) is 1. The molecule has 13 heteroatoms. The molecule has 1 aliphatic rings. The predicted molar refractivity (Wildman–Crippen MR) is 124 cm³/mol. The number of allylic oxidation sites excluding steroid dienone is 1. The van der Waals surface area contributed by atoms with Gasteiger partial charge in [0.05, 0.1) is 24.9 Å². The fourth-order valence-corrected chi connectivity index (χ4v) is 3.44. The number of aldehydes is 1. The molecule has 0 aromatic heterocycles. The van der Waals surface area contributed by atoms with E-state index in [2.05, 4.69) is 16.0 Å². The Morgan fingerprint density at radius 2 is 2.06 bits per heavy atom. The summed E-state index contributed by atoms with van der Waals surface area (Å²) in [5.41, 5.74) is 11.4. The third kappa shape index (κ3) is 9.21. The number of hydrogen-bond acceptors (Lipinski definition) is 10. The van der Waals surface area contributed by atoms with Crippen LogP contribution in [0, 0.1) is 0 Å². The van der Waals surface area contributed by atoms with Gasteiger partial charge in [-0.2, -0.15) is 11.8 Å². The van der Waals surface area contributed by atoms with Gasteiger partial charge in [0.25, 0.3) is 11.8 Å². The van der Waals surface area contributed by atoms with E-state index in [9.17, 15) is 29.1 Å². The Kier molecular flexibility index (Phi) is 12.8. The zero-order valence-corrected chi connectivity index (χ0v) is 19.7. The Balaban J connectivity index is 3.30. The Morgan fingerprint density at radius 1 is 1.36 bits per heavy atom. The number of aliphatic hydroxyl groups excluding tert-OH is 1. The molecule has 186 valence electrons. The molecule has 0 bridgehead atoms. The van der Waals surface area contributed by atoms with Crippen LogP contribution < -0.4 is 27.4 Å². The molecule has 1 aliphatic heterocycles. The van der Waals surface area contributed by atoms with Gasteiger partial charge in [-0.1, -0.05) is 12.2 Å². The summed E-state index contributed by atoms with van der Waals surface area (Å²) >= 11 is 1.50. The van der Waals surface area contributed by atoms with Gasteiger partial charge in [-0.15, -0.1) is 0 Å². The summed E-state index contributed by atoms with van der Waals surface area (Å²) < 4.78 is 0. The second kappa shape index (κ2) is 14.8. The first-order chi connectivity index (χ1) is 15.7. The molecule has 0 saturated heterocycles. The Bertz CT molecular complexity index is 734. The maximum Gasteiger partial charge on any atom is 0.258 e. The Morgan fingerprint density at radius 3 is 2.64 bits per heavy atom. The van der Waals surface area contributed by atoms with Gasteiger partial charge in [0.15, 0.2) is 18.0 Å². The van der Waals surface area contributed by atoms with Gasteiger partial charge in [-0.05, 0) is 31.8 Å². The highest BCUT2D eigenvalue weighted by atomic mass is 32.2. The smallest absolute Gasteiger partial charge is 0.258 e. The molecule has 5 atom stereocenters. The molecule has 0 radical (unpaired) electrons. The van der Waals surface area contributed by atoms with Crippen LogP contribution in [0.4, 0.5) is 0 Å². The van der Waals surface area contributed by atoms with Crippen LogP contribution >= 0.6 is 11.8 Å². The second-order valence-corrected chi connectivity index (χ2v) is 8.54. The number of rotatable bonds is 10. The molecule has 0 aliphatic carbocycles. The van der Waals surface area contributed by atoms with E-state index in [1.54, 1.807) is 12.2 Å². The molecular formula is C20H34N6O6S. The lowest BCUT2D eigenvalue weighted by atomic mass is 10.0. The zero-order chi connectivity index (χ0) is 25.0. The van der Waals surface area contributed by atoms with Crippen molar-refractivity contribution in [3.63, 3.8) is 0 Å². The van der Waals surface area contributed by atoms with Crippen LogP contribution in [-0.2, 0) is 24.0 Å². The predicted octanol–water partition coefficient (Wildman–Crippen LogP) is -2.80. The van der Waals surface area contributed by atoms with Crippen molar-refractivity contribution in [3.8, 4) is 0 Å². The molecule has 12 nitrogen and oxygen atoms in total. The molecule has 1 rings (SSSR count). The maximum atomic E-state index is 13.1. The minimum absolute atomic E-state index is 0.0457. The largest absolute Gasteiger partial charge is 0.391 e. The first-order valence-corrected chi connectivity index (χ1v) is 12.0. The highest BCUT2D eigenvalue weighted by Gasteiger charge is 2.38. The van der Waals surface area contributed by atoms with Crippen molar-refractivity contribution in [1.29, 1.82) is 0 Å². The number of ketones is 1. The summed E-state index contributed by atoms with van der Waals surface area (Å²) in [7, 11) is 0. The second-order valence-electron chi connectivity index (χ2n) is 7.55. The van der Waals surface area contributed by atoms with E-state index in [0.717, 1.165) is 4.90 Å². The molecule has 0 spiro atoms. The Hall–Kier alpha value is -2.32. The molecule has 1 heterocycles. The van der Waals surface area contributed by atoms with Crippen molar-refractivity contribution in [3.05, 3.63) is 12.2 Å². The average Bonchev–Trinajstić information content (AvgIpc) is 2.80. The van der Waals surface area contributed by atoms with E-state index in [0.29, 0.717) is 24.9 Å². The van der Waals surface area contributed by atoms with Crippen LogP contribution in [0.1, 0.15) is 26.2 Å². The van der Waals surface area contributed by atoms with Crippen molar-refractivity contribution in [2.45, 2.75) is 56.6 Å². The topological polar surface area (TPSA) is 197 Å². The van der Waals surface area contributed by atoms with Crippen LogP contribution in [0.2, 0.25) is 0 Å². The molecule has 33 heavy (non-hydrogen) atoms. The summed E-state index contributed by atoms with van der Waals surface area (Å²) in [6.45, 7) is 1.08. The first-order valence-electron chi connectivity index (χ1n) is 10.6. The first kappa shape index (κ1) is 28.7. The van der Waals surface area contributed by atoms with E-state index in [4.69, 9.17) is 11.5 Å². The van der Waals surface area contributed by atoms with Crippen LogP contribution in [0.15, 0.2) is 12.2 Å². The van der Waals surface area contributed by atoms with E-state index >= 15 is 0 Å². The van der Waals surface area contributed by atoms with Crippen molar-refractivity contribution in [2.75, 3.05) is 25.2 Å². The quantitative estimate of drug-likeness (QED) is 0.106. The van der Waals surface area contributed by atoms with E-state index in [1.165, 1.54) is 18.7 Å². The highest BCUT2D eigenvalue weighted by molar-refractivity contribution is 7.98. The van der Waals surface area contributed by atoms with Crippen molar-refractivity contribution >= 4 is 41.6 Å². The summed E-state index contributed by atoms with van der Waals surface area (Å²) in [5, 5.41) is 17.3. The normalized spacial score (nSPS) is 23.3. The van der Waals surface area contributed by atoms with Crippen molar-refractivity contribution in [1.82, 2.24) is 20.9 Å². The van der Waals surface area contributed by atoms with Gasteiger partial charge in [-0.25, -0.2) is 0 Å². The number of amides is 3. The maximum absolute atomic E-state index is 13.1. The van der Waals surface area contributed by atoms with Crippen LogP contribution in [-0.4, -0.2) is 95.4 Å². The van der Waals surface area contributed by atoms with Gasteiger partial charge in [0.2, 0.25) is 5.91 Å². The number of carbonyl (C=O) groups is 5. The molecule has 0 aromatic carbocycles. The number of aliphatic hydroxyl groups is 1. The summed E-state index contributed by atoms with van der Waals surface area (Å²) in [6, 6.07) is -3.95. The van der Waals surface area contributed by atoms with Gasteiger partial charge in [-0.3, -0.25) is 24.5 Å². The third-order valence-corrected chi connectivity index (χ3v) is 5.62.